The minimum absolute atomic E-state index is 0.161. The highest BCUT2D eigenvalue weighted by Gasteiger charge is 2.62. The Bertz CT molecular complexity index is 814. The maximum Gasteiger partial charge on any atom is 0.227 e. The van der Waals surface area contributed by atoms with Gasteiger partial charge in [0.15, 0.2) is 0 Å². The van der Waals surface area contributed by atoms with Crippen molar-refractivity contribution in [3.63, 3.8) is 0 Å². The molecule has 2 atom stereocenters. The Labute approximate surface area is 168 Å². The van der Waals surface area contributed by atoms with Gasteiger partial charge in [0.1, 0.15) is 0 Å². The van der Waals surface area contributed by atoms with Crippen LogP contribution in [0.3, 0.4) is 0 Å². The van der Waals surface area contributed by atoms with Gasteiger partial charge >= 0.3 is 0 Å². The third kappa shape index (κ3) is 2.96. The quantitative estimate of drug-likeness (QED) is 0.840. The highest BCUT2D eigenvalue weighted by Crippen LogP contribution is 2.69. The molecule has 1 aliphatic heterocycles. The highest BCUT2D eigenvalue weighted by molar-refractivity contribution is 5.95. The van der Waals surface area contributed by atoms with Gasteiger partial charge in [0.2, 0.25) is 11.8 Å². The molecule has 4 saturated carbocycles. The molecule has 5 fully saturated rings. The van der Waals surface area contributed by atoms with Gasteiger partial charge in [-0.15, -0.1) is 0 Å². The van der Waals surface area contributed by atoms with Crippen LogP contribution in [0.2, 0.25) is 0 Å². The molecule has 1 N–H and O–H groups in total. The molecule has 1 aromatic rings. The fourth-order valence-corrected chi connectivity index (χ4v) is 7.83. The van der Waals surface area contributed by atoms with Gasteiger partial charge in [-0.1, -0.05) is 26.0 Å². The summed E-state index contributed by atoms with van der Waals surface area (Å²) in [6, 6.07) is 8.10. The highest BCUT2D eigenvalue weighted by atomic mass is 16.2. The van der Waals surface area contributed by atoms with Crippen molar-refractivity contribution in [3.05, 3.63) is 29.8 Å². The van der Waals surface area contributed by atoms with Gasteiger partial charge in [0.25, 0.3) is 0 Å². The van der Waals surface area contributed by atoms with Crippen LogP contribution < -0.4 is 10.2 Å². The van der Waals surface area contributed by atoms with E-state index in [2.05, 4.69) is 25.2 Å². The SMILES string of the molecule is CC12CC3CC(C)(C1)CC(C(=O)NCc1cccc(N4CCCC4=O)c1)(C3)C2. The monoisotopic (exact) mass is 380 g/mol. The molecule has 4 nitrogen and oxygen atoms in total. The molecule has 4 bridgehead atoms. The Hall–Kier alpha value is -1.84. The Balaban J connectivity index is 1.30. The molecule has 28 heavy (non-hydrogen) atoms. The van der Waals surface area contributed by atoms with Crippen molar-refractivity contribution in [2.45, 2.75) is 71.8 Å². The Morgan fingerprint density at radius 2 is 1.89 bits per heavy atom. The molecule has 2 unspecified atom stereocenters. The normalized spacial score (nSPS) is 38.9. The molecule has 150 valence electrons. The molecule has 1 saturated heterocycles. The zero-order valence-corrected chi connectivity index (χ0v) is 17.2. The first-order chi connectivity index (χ1) is 13.3. The summed E-state index contributed by atoms with van der Waals surface area (Å²) in [5, 5.41) is 3.28. The minimum atomic E-state index is -0.161. The summed E-state index contributed by atoms with van der Waals surface area (Å²) in [7, 11) is 0. The Morgan fingerprint density at radius 1 is 1.14 bits per heavy atom. The Kier molecular flexibility index (Phi) is 3.95. The second-order valence-electron chi connectivity index (χ2n) is 10.9. The predicted molar refractivity (Wildman–Crippen MR) is 110 cm³/mol. The molecule has 4 heteroatoms. The molecule has 2 amide bonds. The van der Waals surface area contributed by atoms with E-state index in [1.807, 2.05) is 23.1 Å². The third-order valence-corrected chi connectivity index (χ3v) is 7.86. The second-order valence-corrected chi connectivity index (χ2v) is 10.9. The maximum absolute atomic E-state index is 13.4. The van der Waals surface area contributed by atoms with E-state index in [1.54, 1.807) is 0 Å². The van der Waals surface area contributed by atoms with E-state index < -0.39 is 0 Å². The van der Waals surface area contributed by atoms with E-state index in [4.69, 9.17) is 0 Å². The van der Waals surface area contributed by atoms with Crippen LogP contribution in [-0.4, -0.2) is 18.4 Å². The van der Waals surface area contributed by atoms with E-state index in [9.17, 15) is 9.59 Å². The summed E-state index contributed by atoms with van der Waals surface area (Å²) < 4.78 is 0. The molecular formula is C24H32N2O2. The van der Waals surface area contributed by atoms with Gasteiger partial charge in [0, 0.05) is 25.2 Å². The predicted octanol–water partition coefficient (Wildman–Crippen LogP) is 4.43. The first-order valence-corrected chi connectivity index (χ1v) is 11.0. The number of carbonyl (C=O) groups excluding carboxylic acids is 2. The van der Waals surface area contributed by atoms with E-state index in [-0.39, 0.29) is 17.2 Å². The van der Waals surface area contributed by atoms with Crippen molar-refractivity contribution in [2.24, 2.45) is 22.2 Å². The summed E-state index contributed by atoms with van der Waals surface area (Å²) in [5.41, 5.74) is 2.57. The van der Waals surface area contributed by atoms with Crippen molar-refractivity contribution >= 4 is 17.5 Å². The molecule has 0 spiro atoms. The molecule has 0 radical (unpaired) electrons. The lowest BCUT2D eigenvalue weighted by atomic mass is 9.40. The summed E-state index contributed by atoms with van der Waals surface area (Å²) in [5.74, 6) is 1.19. The van der Waals surface area contributed by atoms with E-state index in [0.29, 0.717) is 23.8 Å². The van der Waals surface area contributed by atoms with E-state index >= 15 is 0 Å². The fraction of sp³-hybridized carbons (Fsp3) is 0.667. The van der Waals surface area contributed by atoms with Crippen molar-refractivity contribution in [2.75, 3.05) is 11.4 Å². The lowest BCUT2D eigenvalue weighted by Crippen LogP contribution is -2.59. The molecule has 1 heterocycles. The number of nitrogens with zero attached hydrogens (tertiary/aromatic N) is 1. The number of hydrogen-bond donors (Lipinski definition) is 1. The van der Waals surface area contributed by atoms with Gasteiger partial charge in [-0.2, -0.15) is 0 Å². The smallest absolute Gasteiger partial charge is 0.227 e. The van der Waals surface area contributed by atoms with Gasteiger partial charge in [-0.05, 0) is 79.4 Å². The number of nitrogens with one attached hydrogen (secondary N) is 1. The lowest BCUT2D eigenvalue weighted by Gasteiger charge is -2.64. The van der Waals surface area contributed by atoms with Crippen LogP contribution in [0.15, 0.2) is 24.3 Å². The molecule has 4 aliphatic carbocycles. The average molecular weight is 381 g/mol. The second kappa shape index (κ2) is 6.08. The van der Waals surface area contributed by atoms with Gasteiger partial charge in [-0.3, -0.25) is 9.59 Å². The van der Waals surface area contributed by atoms with Crippen LogP contribution in [0.25, 0.3) is 0 Å². The number of anilines is 1. The summed E-state index contributed by atoms with van der Waals surface area (Å²) in [6.07, 6.45) is 8.67. The van der Waals surface area contributed by atoms with Crippen molar-refractivity contribution in [1.29, 1.82) is 0 Å². The standard InChI is InChI=1S/C24H32N2O2/c1-22-10-18-11-23(2,14-22)16-24(12-18,15-22)21(28)25-13-17-5-3-6-19(9-17)26-8-4-7-20(26)27/h3,5-6,9,18H,4,7-8,10-16H2,1-2H3,(H,25,28). The summed E-state index contributed by atoms with van der Waals surface area (Å²) in [6.45, 7) is 6.17. The third-order valence-electron chi connectivity index (χ3n) is 7.86. The lowest BCUT2D eigenvalue weighted by molar-refractivity contribution is -0.170. The first-order valence-electron chi connectivity index (χ1n) is 11.0. The molecule has 1 aromatic carbocycles. The zero-order chi connectivity index (χ0) is 19.6. The number of benzene rings is 1. The number of amides is 2. The van der Waals surface area contributed by atoms with Crippen molar-refractivity contribution in [3.8, 4) is 0 Å². The van der Waals surface area contributed by atoms with Crippen LogP contribution in [0.1, 0.15) is 70.8 Å². The summed E-state index contributed by atoms with van der Waals surface area (Å²) in [4.78, 5) is 27.3. The number of hydrogen-bond acceptors (Lipinski definition) is 2. The van der Waals surface area contributed by atoms with E-state index in [0.717, 1.165) is 49.4 Å². The van der Waals surface area contributed by atoms with Crippen LogP contribution in [0, 0.1) is 22.2 Å². The molecule has 5 aliphatic rings. The maximum atomic E-state index is 13.4. The molecular weight excluding hydrogens is 348 g/mol. The topological polar surface area (TPSA) is 49.4 Å². The van der Waals surface area contributed by atoms with Crippen molar-refractivity contribution < 1.29 is 9.59 Å². The summed E-state index contributed by atoms with van der Waals surface area (Å²) >= 11 is 0. The van der Waals surface area contributed by atoms with Gasteiger partial charge < -0.3 is 10.2 Å². The first kappa shape index (κ1) is 18.2. The molecule has 6 rings (SSSR count). The largest absolute Gasteiger partial charge is 0.352 e. The van der Waals surface area contributed by atoms with Crippen LogP contribution in [0.5, 0.6) is 0 Å². The number of rotatable bonds is 4. The van der Waals surface area contributed by atoms with Gasteiger partial charge in [0.05, 0.1) is 5.41 Å². The number of carbonyl (C=O) groups is 2. The van der Waals surface area contributed by atoms with E-state index in [1.165, 1.54) is 19.3 Å². The van der Waals surface area contributed by atoms with Crippen molar-refractivity contribution in [1.82, 2.24) is 5.32 Å². The van der Waals surface area contributed by atoms with Crippen LogP contribution >= 0.6 is 0 Å². The fourth-order valence-electron chi connectivity index (χ4n) is 7.83. The minimum Gasteiger partial charge on any atom is -0.352 e. The zero-order valence-electron chi connectivity index (χ0n) is 17.2. The molecule has 0 aromatic heterocycles. The average Bonchev–Trinajstić information content (AvgIpc) is 3.03. The van der Waals surface area contributed by atoms with Crippen LogP contribution in [-0.2, 0) is 16.1 Å². The Morgan fingerprint density at radius 3 is 2.54 bits per heavy atom. The van der Waals surface area contributed by atoms with Gasteiger partial charge in [-0.25, -0.2) is 0 Å². The van der Waals surface area contributed by atoms with Crippen LogP contribution in [0.4, 0.5) is 5.69 Å².